The van der Waals surface area contributed by atoms with Gasteiger partial charge in [0.05, 0.1) is 5.52 Å². The molecule has 0 unspecified atom stereocenters. The lowest BCUT2D eigenvalue weighted by Gasteiger charge is -2.27. The van der Waals surface area contributed by atoms with Crippen LogP contribution in [-0.2, 0) is 0 Å². The summed E-state index contributed by atoms with van der Waals surface area (Å²) in [6, 6.07) is 8.38. The number of hydrogen-bond acceptors (Lipinski definition) is 5. The highest BCUT2D eigenvalue weighted by atomic mass is 15.4. The standard InChI is InChI=1S/C18H22N6/c1-12-7-9-14(10-8-12)20-18-19-11-13(2)17(21-18)24-16-6-4-3-5-15(16)22-23-24/h3-6,11-12,14H,7-10H2,1-2H3,(H,19,20,21). The molecule has 0 atom stereocenters. The van der Waals surface area contributed by atoms with E-state index in [-0.39, 0.29) is 0 Å². The highest BCUT2D eigenvalue weighted by Gasteiger charge is 2.19. The number of anilines is 1. The molecule has 1 aliphatic rings. The molecule has 0 saturated heterocycles. The van der Waals surface area contributed by atoms with E-state index >= 15 is 0 Å². The first kappa shape index (κ1) is 15.1. The Hall–Kier alpha value is -2.50. The van der Waals surface area contributed by atoms with Gasteiger partial charge >= 0.3 is 0 Å². The van der Waals surface area contributed by atoms with Crippen LogP contribution in [0.2, 0.25) is 0 Å². The zero-order valence-electron chi connectivity index (χ0n) is 14.1. The SMILES string of the molecule is Cc1cnc(NC2CCC(C)CC2)nc1-n1nnc2ccccc21. The molecule has 24 heavy (non-hydrogen) atoms. The topological polar surface area (TPSA) is 68.5 Å². The molecule has 2 heterocycles. The van der Waals surface area contributed by atoms with Gasteiger partial charge in [-0.25, -0.2) is 4.98 Å². The number of nitrogens with one attached hydrogen (secondary N) is 1. The van der Waals surface area contributed by atoms with Gasteiger partial charge < -0.3 is 5.32 Å². The van der Waals surface area contributed by atoms with Gasteiger partial charge in [0.2, 0.25) is 5.95 Å². The summed E-state index contributed by atoms with van der Waals surface area (Å²) < 4.78 is 1.79. The third kappa shape index (κ3) is 2.84. The Balaban J connectivity index is 1.64. The van der Waals surface area contributed by atoms with Crippen LogP contribution >= 0.6 is 0 Å². The van der Waals surface area contributed by atoms with Crippen molar-refractivity contribution >= 4 is 17.0 Å². The highest BCUT2D eigenvalue weighted by Crippen LogP contribution is 2.25. The number of para-hydroxylation sites is 1. The Labute approximate surface area is 141 Å². The van der Waals surface area contributed by atoms with Crippen molar-refractivity contribution in [3.05, 3.63) is 36.0 Å². The van der Waals surface area contributed by atoms with E-state index in [1.807, 2.05) is 37.4 Å². The zero-order valence-corrected chi connectivity index (χ0v) is 14.1. The molecule has 3 aromatic rings. The number of nitrogens with zero attached hydrogens (tertiary/aromatic N) is 5. The number of aromatic nitrogens is 5. The van der Waals surface area contributed by atoms with Crippen molar-refractivity contribution in [2.75, 3.05) is 5.32 Å². The van der Waals surface area contributed by atoms with E-state index in [4.69, 9.17) is 4.98 Å². The van der Waals surface area contributed by atoms with E-state index in [0.717, 1.165) is 28.3 Å². The second-order valence-electron chi connectivity index (χ2n) is 6.79. The first-order valence-corrected chi connectivity index (χ1v) is 8.61. The maximum atomic E-state index is 4.72. The Bertz CT molecular complexity index is 848. The van der Waals surface area contributed by atoms with Crippen LogP contribution in [0.25, 0.3) is 16.9 Å². The normalized spacial score (nSPS) is 21.1. The Kier molecular flexibility index (Phi) is 3.88. The fourth-order valence-corrected chi connectivity index (χ4v) is 3.33. The van der Waals surface area contributed by atoms with E-state index < -0.39 is 0 Å². The Morgan fingerprint density at radius 3 is 2.75 bits per heavy atom. The van der Waals surface area contributed by atoms with Gasteiger partial charge in [-0.3, -0.25) is 0 Å². The first-order chi connectivity index (χ1) is 11.7. The number of benzene rings is 1. The minimum absolute atomic E-state index is 0.462. The van der Waals surface area contributed by atoms with Gasteiger partial charge in [-0.05, 0) is 50.7 Å². The Morgan fingerprint density at radius 2 is 1.92 bits per heavy atom. The quantitative estimate of drug-likeness (QED) is 0.799. The molecular weight excluding hydrogens is 300 g/mol. The summed E-state index contributed by atoms with van der Waals surface area (Å²) in [7, 11) is 0. The lowest BCUT2D eigenvalue weighted by Crippen LogP contribution is -2.26. The molecule has 0 radical (unpaired) electrons. The van der Waals surface area contributed by atoms with Gasteiger partial charge in [0.15, 0.2) is 5.82 Å². The average molecular weight is 322 g/mol. The van der Waals surface area contributed by atoms with Crippen LogP contribution in [0.4, 0.5) is 5.95 Å². The van der Waals surface area contributed by atoms with Crippen LogP contribution in [0.5, 0.6) is 0 Å². The van der Waals surface area contributed by atoms with Crippen molar-refractivity contribution in [2.45, 2.75) is 45.6 Å². The average Bonchev–Trinajstić information content (AvgIpc) is 3.03. The van der Waals surface area contributed by atoms with E-state index in [1.54, 1.807) is 4.68 Å². The van der Waals surface area contributed by atoms with Crippen molar-refractivity contribution in [2.24, 2.45) is 5.92 Å². The molecule has 1 fully saturated rings. The van der Waals surface area contributed by atoms with Crippen LogP contribution in [0.1, 0.15) is 38.2 Å². The number of hydrogen-bond donors (Lipinski definition) is 1. The molecule has 1 saturated carbocycles. The fraction of sp³-hybridized carbons (Fsp3) is 0.444. The number of aryl methyl sites for hydroxylation is 1. The van der Waals surface area contributed by atoms with E-state index in [9.17, 15) is 0 Å². The summed E-state index contributed by atoms with van der Waals surface area (Å²) in [4.78, 5) is 9.17. The van der Waals surface area contributed by atoms with Crippen molar-refractivity contribution in [3.8, 4) is 5.82 Å². The van der Waals surface area contributed by atoms with Crippen LogP contribution in [0, 0.1) is 12.8 Å². The van der Waals surface area contributed by atoms with E-state index in [1.165, 1.54) is 25.7 Å². The van der Waals surface area contributed by atoms with Crippen molar-refractivity contribution in [1.82, 2.24) is 25.0 Å². The van der Waals surface area contributed by atoms with Gasteiger partial charge in [0, 0.05) is 17.8 Å². The molecule has 1 N–H and O–H groups in total. The molecule has 1 aliphatic carbocycles. The molecule has 6 nitrogen and oxygen atoms in total. The number of rotatable bonds is 3. The summed E-state index contributed by atoms with van der Waals surface area (Å²) >= 11 is 0. The second-order valence-corrected chi connectivity index (χ2v) is 6.79. The van der Waals surface area contributed by atoms with Crippen LogP contribution in [0.3, 0.4) is 0 Å². The van der Waals surface area contributed by atoms with Gasteiger partial charge in [-0.2, -0.15) is 9.67 Å². The Morgan fingerprint density at radius 1 is 1.12 bits per heavy atom. The van der Waals surface area contributed by atoms with Crippen LogP contribution in [-0.4, -0.2) is 31.0 Å². The summed E-state index contributed by atoms with van der Waals surface area (Å²) in [6.45, 7) is 4.32. The molecule has 4 rings (SSSR count). The van der Waals surface area contributed by atoms with Crippen LogP contribution in [0.15, 0.2) is 30.5 Å². The van der Waals surface area contributed by atoms with Crippen molar-refractivity contribution in [3.63, 3.8) is 0 Å². The van der Waals surface area contributed by atoms with Crippen molar-refractivity contribution in [1.29, 1.82) is 0 Å². The minimum Gasteiger partial charge on any atom is -0.351 e. The summed E-state index contributed by atoms with van der Waals surface area (Å²) in [5, 5.41) is 12.0. The molecule has 1 aromatic carbocycles. The minimum atomic E-state index is 0.462. The lowest BCUT2D eigenvalue weighted by molar-refractivity contribution is 0.360. The zero-order chi connectivity index (χ0) is 16.5. The first-order valence-electron chi connectivity index (χ1n) is 8.61. The summed E-state index contributed by atoms with van der Waals surface area (Å²) in [5.41, 5.74) is 2.80. The molecule has 0 aliphatic heterocycles. The summed E-state index contributed by atoms with van der Waals surface area (Å²) in [6.07, 6.45) is 6.75. The highest BCUT2D eigenvalue weighted by molar-refractivity contribution is 5.75. The third-order valence-corrected chi connectivity index (χ3v) is 4.85. The molecule has 0 spiro atoms. The largest absolute Gasteiger partial charge is 0.351 e. The van der Waals surface area contributed by atoms with Gasteiger partial charge in [-0.15, -0.1) is 5.10 Å². The smallest absolute Gasteiger partial charge is 0.224 e. The molecule has 2 aromatic heterocycles. The van der Waals surface area contributed by atoms with Gasteiger partial charge in [0.25, 0.3) is 0 Å². The fourth-order valence-electron chi connectivity index (χ4n) is 3.33. The predicted octanol–water partition coefficient (Wildman–Crippen LogP) is 3.51. The third-order valence-electron chi connectivity index (χ3n) is 4.85. The monoisotopic (exact) mass is 322 g/mol. The molecule has 0 amide bonds. The van der Waals surface area contributed by atoms with Gasteiger partial charge in [0.1, 0.15) is 5.52 Å². The molecular formula is C18H22N6. The maximum Gasteiger partial charge on any atom is 0.224 e. The predicted molar refractivity (Wildman–Crippen MR) is 94.2 cm³/mol. The molecule has 0 bridgehead atoms. The lowest BCUT2D eigenvalue weighted by atomic mass is 9.87. The molecule has 124 valence electrons. The van der Waals surface area contributed by atoms with Crippen LogP contribution < -0.4 is 5.32 Å². The summed E-state index contributed by atoms with van der Waals surface area (Å²) in [5.74, 6) is 2.29. The van der Waals surface area contributed by atoms with Gasteiger partial charge in [-0.1, -0.05) is 24.3 Å². The number of fused-ring (bicyclic) bond motifs is 1. The molecule has 6 heteroatoms. The second kappa shape index (κ2) is 6.19. The maximum absolute atomic E-state index is 4.72. The van der Waals surface area contributed by atoms with E-state index in [0.29, 0.717) is 12.0 Å². The van der Waals surface area contributed by atoms with E-state index in [2.05, 4.69) is 27.5 Å². The van der Waals surface area contributed by atoms with Crippen molar-refractivity contribution < 1.29 is 0 Å².